The number of hydrogen-bond donors (Lipinski definition) is 4. The summed E-state index contributed by atoms with van der Waals surface area (Å²) in [6.07, 6.45) is 0. The molecule has 0 amide bonds. The summed E-state index contributed by atoms with van der Waals surface area (Å²) in [7, 11) is -14.4. The third-order valence-corrected chi connectivity index (χ3v) is 6.50. The van der Waals surface area contributed by atoms with Crippen LogP contribution in [0.3, 0.4) is 0 Å². The van der Waals surface area contributed by atoms with E-state index in [4.69, 9.17) is 4.55 Å². The Morgan fingerprint density at radius 2 is 1.39 bits per heavy atom. The van der Waals surface area contributed by atoms with Crippen molar-refractivity contribution < 1.29 is 44.0 Å². The van der Waals surface area contributed by atoms with Crippen molar-refractivity contribution in [3.8, 4) is 5.75 Å². The number of nitrogens with zero attached hydrogens (tertiary/aromatic N) is 2. The summed E-state index contributed by atoms with van der Waals surface area (Å²) in [5.41, 5.74) is -1.22. The molecule has 0 unspecified atom stereocenters. The first kappa shape index (κ1) is 22.7. The van der Waals surface area contributed by atoms with E-state index >= 15 is 0 Å². The van der Waals surface area contributed by atoms with Gasteiger partial charge in [-0.2, -0.15) is 25.3 Å². The molecule has 3 aromatic carbocycles. The molecular weight excluding hydrogens is 476 g/mol. The lowest BCUT2D eigenvalue weighted by Crippen LogP contribution is -2.01. The lowest BCUT2D eigenvalue weighted by atomic mass is 10.1. The average molecular weight is 487 g/mol. The molecule has 15 heteroatoms. The fourth-order valence-electron chi connectivity index (χ4n) is 2.56. The van der Waals surface area contributed by atoms with Crippen molar-refractivity contribution in [3.05, 3.63) is 48.5 Å². The second-order valence-electron chi connectivity index (χ2n) is 5.96. The van der Waals surface area contributed by atoms with Gasteiger partial charge in [0, 0.05) is 5.39 Å². The number of phenolic OH excluding ortho intramolecular Hbond substituents is 1. The Labute approximate surface area is 175 Å². The third kappa shape index (κ3) is 4.71. The molecule has 0 atom stereocenters. The van der Waals surface area contributed by atoms with Crippen molar-refractivity contribution in [1.82, 2.24) is 0 Å². The van der Waals surface area contributed by atoms with E-state index in [2.05, 4.69) is 16.3 Å². The molecule has 0 aliphatic heterocycles. The zero-order chi connectivity index (χ0) is 23.2. The monoisotopic (exact) mass is 487 g/mol. The lowest BCUT2D eigenvalue weighted by molar-refractivity contribution is 0.471. The summed E-state index contributed by atoms with van der Waals surface area (Å²) in [6.45, 7) is 0. The van der Waals surface area contributed by atoms with E-state index in [9.17, 15) is 39.5 Å². The van der Waals surface area contributed by atoms with E-state index in [0.717, 1.165) is 30.3 Å². The van der Waals surface area contributed by atoms with Crippen LogP contribution in [0.4, 0.5) is 11.4 Å². The highest BCUT2D eigenvalue weighted by molar-refractivity contribution is 7.86. The summed E-state index contributed by atoms with van der Waals surface area (Å²) in [4.78, 5) is -2.31. The van der Waals surface area contributed by atoms with Gasteiger partial charge in [-0.05, 0) is 41.8 Å². The fourth-order valence-corrected chi connectivity index (χ4v) is 4.33. The lowest BCUT2D eigenvalue weighted by Gasteiger charge is -2.09. The Balaban J connectivity index is 2.31. The van der Waals surface area contributed by atoms with Gasteiger partial charge < -0.3 is 5.11 Å². The van der Waals surface area contributed by atoms with E-state index in [0.29, 0.717) is 0 Å². The zero-order valence-electron chi connectivity index (χ0n) is 14.9. The van der Waals surface area contributed by atoms with Crippen LogP contribution in [0.25, 0.3) is 10.8 Å². The normalized spacial score (nSPS) is 13.1. The standard InChI is InChI=1S/C16H11N2O10S3/c19-16-11-6-5-10(29(20,21)22)7-9(11)8-14(31(26,27)28)15(16)18-17-12-3-1-2-4-13(12)30(23,24)25/h1-5,7-8,19H,(H,20,21,22)(H,23,24,25)(H,26,27,28). The Morgan fingerprint density at radius 1 is 0.774 bits per heavy atom. The van der Waals surface area contributed by atoms with Gasteiger partial charge in [0.25, 0.3) is 30.4 Å². The highest BCUT2D eigenvalue weighted by atomic mass is 32.2. The van der Waals surface area contributed by atoms with Gasteiger partial charge in [-0.1, -0.05) is 12.1 Å². The molecule has 0 bridgehead atoms. The van der Waals surface area contributed by atoms with Gasteiger partial charge in [-0.3, -0.25) is 13.7 Å². The predicted octanol–water partition coefficient (Wildman–Crippen LogP) is 2.50. The molecule has 0 aromatic heterocycles. The smallest absolute Gasteiger partial charge is 0.296 e. The molecule has 0 saturated carbocycles. The van der Waals surface area contributed by atoms with E-state index in [-0.39, 0.29) is 10.8 Å². The molecule has 12 nitrogen and oxygen atoms in total. The van der Waals surface area contributed by atoms with Crippen molar-refractivity contribution in [1.29, 1.82) is 0 Å². The van der Waals surface area contributed by atoms with E-state index in [1.54, 1.807) is 0 Å². The number of benzene rings is 3. The zero-order valence-corrected chi connectivity index (χ0v) is 17.3. The van der Waals surface area contributed by atoms with Gasteiger partial charge in [-0.25, -0.2) is 0 Å². The van der Waals surface area contributed by atoms with Crippen molar-refractivity contribution >= 4 is 52.5 Å². The molecule has 1 radical (unpaired) electrons. The van der Waals surface area contributed by atoms with Crippen molar-refractivity contribution in [3.63, 3.8) is 0 Å². The predicted molar refractivity (Wildman–Crippen MR) is 105 cm³/mol. The number of aromatic hydroxyl groups is 1. The largest absolute Gasteiger partial charge is 0.505 e. The molecule has 0 aliphatic rings. The minimum Gasteiger partial charge on any atom is -0.505 e. The molecule has 31 heavy (non-hydrogen) atoms. The molecule has 3 rings (SSSR count). The maximum absolute atomic E-state index is 11.8. The molecule has 0 fully saturated rings. The molecule has 0 aliphatic carbocycles. The topological polar surface area (TPSA) is 208 Å². The number of rotatable bonds is 5. The second-order valence-corrected chi connectivity index (χ2v) is 10.2. The van der Waals surface area contributed by atoms with Crippen molar-refractivity contribution in [2.45, 2.75) is 14.7 Å². The van der Waals surface area contributed by atoms with Gasteiger partial charge in [0.05, 0.1) is 4.90 Å². The van der Waals surface area contributed by atoms with Gasteiger partial charge in [0.2, 0.25) is 0 Å². The Hall–Kier alpha value is -2.95. The van der Waals surface area contributed by atoms with Crippen LogP contribution in [-0.2, 0) is 30.4 Å². The quantitative estimate of drug-likeness (QED) is 0.305. The van der Waals surface area contributed by atoms with Crippen LogP contribution in [0.15, 0.2) is 67.4 Å². The molecular formula is C16H11N2O10S3. The fraction of sp³-hybridized carbons (Fsp3) is 0. The number of azo groups is 1. The first-order valence-corrected chi connectivity index (χ1v) is 12.2. The maximum Gasteiger partial charge on any atom is 0.296 e. The van der Waals surface area contributed by atoms with Gasteiger partial charge in [-0.15, -0.1) is 10.2 Å². The van der Waals surface area contributed by atoms with Crippen LogP contribution in [0.1, 0.15) is 0 Å². The molecule has 0 spiro atoms. The highest BCUT2D eigenvalue weighted by Crippen LogP contribution is 2.42. The van der Waals surface area contributed by atoms with Crippen LogP contribution in [0, 0.1) is 6.07 Å². The van der Waals surface area contributed by atoms with E-state index < -0.39 is 62.2 Å². The van der Waals surface area contributed by atoms with Gasteiger partial charge in [0.15, 0.2) is 5.75 Å². The Morgan fingerprint density at radius 3 is 1.97 bits per heavy atom. The number of hydrogen-bond acceptors (Lipinski definition) is 9. The SMILES string of the molecule is O=S(=O)(O)c1c[c]c2c(O)c(N=Nc3ccccc3S(=O)(=O)O)c(S(=O)(=O)O)cc2c1. The van der Waals surface area contributed by atoms with Crippen LogP contribution < -0.4 is 0 Å². The summed E-state index contributed by atoms with van der Waals surface area (Å²) in [6, 6.07) is 9.47. The number of fused-ring (bicyclic) bond motifs is 1. The summed E-state index contributed by atoms with van der Waals surface area (Å²) >= 11 is 0. The van der Waals surface area contributed by atoms with Crippen LogP contribution >= 0.6 is 0 Å². The molecule has 3 aromatic rings. The third-order valence-electron chi connectivity index (χ3n) is 3.90. The minimum atomic E-state index is -5.05. The first-order chi connectivity index (χ1) is 14.2. The molecule has 4 N–H and O–H groups in total. The highest BCUT2D eigenvalue weighted by Gasteiger charge is 2.24. The maximum atomic E-state index is 11.8. The van der Waals surface area contributed by atoms with Crippen molar-refractivity contribution in [2.24, 2.45) is 10.2 Å². The average Bonchev–Trinajstić information content (AvgIpc) is 2.64. The Kier molecular flexibility index (Phi) is 5.59. The van der Waals surface area contributed by atoms with Crippen molar-refractivity contribution in [2.75, 3.05) is 0 Å². The second kappa shape index (κ2) is 7.63. The summed E-state index contributed by atoms with van der Waals surface area (Å²) in [5, 5.41) is 17.0. The molecule has 163 valence electrons. The van der Waals surface area contributed by atoms with Crippen LogP contribution in [0.2, 0.25) is 0 Å². The Bertz CT molecular complexity index is 1560. The first-order valence-electron chi connectivity index (χ1n) is 7.84. The van der Waals surface area contributed by atoms with Crippen LogP contribution in [-0.4, -0.2) is 44.0 Å². The molecule has 0 heterocycles. The van der Waals surface area contributed by atoms with E-state index in [1.807, 2.05) is 0 Å². The van der Waals surface area contributed by atoms with Gasteiger partial charge >= 0.3 is 0 Å². The molecule has 0 saturated heterocycles. The van der Waals surface area contributed by atoms with Gasteiger partial charge in [0.1, 0.15) is 21.2 Å². The minimum absolute atomic E-state index is 0.238. The summed E-state index contributed by atoms with van der Waals surface area (Å²) < 4.78 is 96.9. The number of phenols is 1. The van der Waals surface area contributed by atoms with Crippen LogP contribution in [0.5, 0.6) is 5.75 Å². The summed E-state index contributed by atoms with van der Waals surface area (Å²) in [5.74, 6) is -0.889. The van der Waals surface area contributed by atoms with E-state index in [1.165, 1.54) is 12.1 Å².